The lowest BCUT2D eigenvalue weighted by Gasteiger charge is -2.11. The highest BCUT2D eigenvalue weighted by Crippen LogP contribution is 2.23. The molecule has 3 N–H and O–H groups in total. The van der Waals surface area contributed by atoms with Crippen molar-refractivity contribution in [2.75, 3.05) is 5.32 Å². The van der Waals surface area contributed by atoms with E-state index in [1.165, 1.54) is 31.2 Å². The number of carbonyl (C=O) groups is 2. The summed E-state index contributed by atoms with van der Waals surface area (Å²) in [5.74, 6) is -1.09. The van der Waals surface area contributed by atoms with Gasteiger partial charge in [0.25, 0.3) is 5.91 Å². The molecular weight excluding hydrogens is 392 g/mol. The molecule has 3 aromatic rings. The number of Topliss-reactive ketones (excluding diaryl/α,β-unsaturated/α-hetero) is 1. The quantitative estimate of drug-likeness (QED) is 0.477. The van der Waals surface area contributed by atoms with Gasteiger partial charge in [0.2, 0.25) is 16.1 Å². The zero-order valence-corrected chi connectivity index (χ0v) is 16.3. The number of fused-ring (bicyclic) bond motifs is 1. The van der Waals surface area contributed by atoms with Crippen LogP contribution in [0, 0.1) is 0 Å². The van der Waals surface area contributed by atoms with E-state index in [1.54, 1.807) is 12.1 Å². The van der Waals surface area contributed by atoms with Gasteiger partial charge in [-0.3, -0.25) is 9.59 Å². The van der Waals surface area contributed by atoms with Crippen molar-refractivity contribution >= 4 is 43.9 Å². The molecule has 0 aliphatic carbocycles. The lowest BCUT2D eigenvalue weighted by molar-refractivity contribution is -0.126. The van der Waals surface area contributed by atoms with Crippen LogP contribution in [0.2, 0.25) is 0 Å². The van der Waals surface area contributed by atoms with Crippen LogP contribution in [0.1, 0.15) is 6.92 Å². The minimum Gasteiger partial charge on any atom is -0.323 e. The summed E-state index contributed by atoms with van der Waals surface area (Å²) in [7, 11) is -3.82. The SMILES string of the molecule is CC(=O)[C@@H](N=Nc1ccc(S(N)(=O)=O)cc1)C(=O)Nc1cccc2ccccc12. The normalized spacial score (nSPS) is 12.8. The molecular formula is C20H18N4O4S. The third-order valence-corrected chi connectivity index (χ3v) is 5.06. The lowest BCUT2D eigenvalue weighted by atomic mass is 10.1. The van der Waals surface area contributed by atoms with Crippen molar-refractivity contribution in [2.24, 2.45) is 15.4 Å². The zero-order chi connectivity index (χ0) is 21.0. The number of hydrogen-bond donors (Lipinski definition) is 2. The molecule has 1 atom stereocenters. The Kier molecular flexibility index (Phi) is 5.81. The van der Waals surface area contributed by atoms with E-state index >= 15 is 0 Å². The fourth-order valence-corrected chi connectivity index (χ4v) is 3.20. The second-order valence-electron chi connectivity index (χ2n) is 6.28. The number of sulfonamides is 1. The van der Waals surface area contributed by atoms with E-state index in [0.29, 0.717) is 5.69 Å². The fourth-order valence-electron chi connectivity index (χ4n) is 2.68. The standard InChI is InChI=1S/C20H18N4O4S/c1-13(25)19(24-23-15-9-11-16(12-10-15)29(21,27)28)20(26)22-18-8-4-6-14-5-2-3-7-17(14)18/h2-12,19H,1H3,(H,22,26)(H2,21,27,28)/t19-/m1/s1. The number of amides is 1. The maximum Gasteiger partial charge on any atom is 0.258 e. The van der Waals surface area contributed by atoms with Crippen LogP contribution in [0.5, 0.6) is 0 Å². The first-order valence-corrected chi connectivity index (χ1v) is 10.1. The van der Waals surface area contributed by atoms with E-state index in [0.717, 1.165) is 10.8 Å². The Morgan fingerprint density at radius 1 is 0.966 bits per heavy atom. The molecule has 0 fully saturated rings. The highest BCUT2D eigenvalue weighted by atomic mass is 32.2. The number of carbonyl (C=O) groups excluding carboxylic acids is 2. The van der Waals surface area contributed by atoms with Gasteiger partial charge in [-0.15, -0.1) is 0 Å². The summed E-state index contributed by atoms with van der Waals surface area (Å²) in [4.78, 5) is 24.5. The molecule has 9 heteroatoms. The molecule has 0 aliphatic rings. The molecule has 0 bridgehead atoms. The van der Waals surface area contributed by atoms with Crippen molar-refractivity contribution in [3.05, 3.63) is 66.7 Å². The topological polar surface area (TPSA) is 131 Å². The third-order valence-electron chi connectivity index (χ3n) is 4.13. The van der Waals surface area contributed by atoms with Crippen LogP contribution in [0.4, 0.5) is 11.4 Å². The average molecular weight is 410 g/mol. The summed E-state index contributed by atoms with van der Waals surface area (Å²) < 4.78 is 22.6. The molecule has 0 radical (unpaired) electrons. The number of azo groups is 1. The first kappa shape index (κ1) is 20.3. The molecule has 3 aromatic carbocycles. The molecule has 148 valence electrons. The Balaban J connectivity index is 1.81. The fraction of sp³-hybridized carbons (Fsp3) is 0.100. The van der Waals surface area contributed by atoms with E-state index in [2.05, 4.69) is 15.5 Å². The van der Waals surface area contributed by atoms with Crippen LogP contribution in [0.3, 0.4) is 0 Å². The van der Waals surface area contributed by atoms with Crippen molar-refractivity contribution in [2.45, 2.75) is 17.9 Å². The number of primary sulfonamides is 1. The van der Waals surface area contributed by atoms with Crippen molar-refractivity contribution in [1.82, 2.24) is 0 Å². The number of nitrogens with one attached hydrogen (secondary N) is 1. The number of nitrogens with two attached hydrogens (primary N) is 1. The molecule has 8 nitrogen and oxygen atoms in total. The minimum atomic E-state index is -3.82. The van der Waals surface area contributed by atoms with E-state index < -0.39 is 27.8 Å². The summed E-state index contributed by atoms with van der Waals surface area (Å²) in [6.45, 7) is 1.25. The molecule has 0 unspecified atom stereocenters. The highest BCUT2D eigenvalue weighted by Gasteiger charge is 2.23. The third kappa shape index (κ3) is 4.89. The second kappa shape index (κ2) is 8.29. The maximum atomic E-state index is 12.6. The van der Waals surface area contributed by atoms with Gasteiger partial charge < -0.3 is 5.32 Å². The predicted molar refractivity (Wildman–Crippen MR) is 109 cm³/mol. The number of hydrogen-bond acceptors (Lipinski definition) is 6. The molecule has 0 aromatic heterocycles. The lowest BCUT2D eigenvalue weighted by Crippen LogP contribution is -2.31. The second-order valence-corrected chi connectivity index (χ2v) is 7.84. The Morgan fingerprint density at radius 3 is 2.28 bits per heavy atom. The maximum absolute atomic E-state index is 12.6. The van der Waals surface area contributed by atoms with Crippen LogP contribution >= 0.6 is 0 Å². The van der Waals surface area contributed by atoms with Crippen LogP contribution in [-0.2, 0) is 19.6 Å². The summed E-state index contributed by atoms with van der Waals surface area (Å²) in [6.07, 6.45) is 0. The molecule has 0 aliphatic heterocycles. The van der Waals surface area contributed by atoms with Gasteiger partial charge in [-0.1, -0.05) is 36.4 Å². The van der Waals surface area contributed by atoms with E-state index in [1.807, 2.05) is 30.3 Å². The van der Waals surface area contributed by atoms with Crippen molar-refractivity contribution < 1.29 is 18.0 Å². The molecule has 0 heterocycles. The molecule has 0 saturated heterocycles. The zero-order valence-electron chi connectivity index (χ0n) is 15.4. The van der Waals surface area contributed by atoms with Gasteiger partial charge in [-0.05, 0) is 42.6 Å². The van der Waals surface area contributed by atoms with Gasteiger partial charge >= 0.3 is 0 Å². The first-order valence-electron chi connectivity index (χ1n) is 8.58. The number of nitrogens with zero attached hydrogens (tertiary/aromatic N) is 2. The Hall–Kier alpha value is -3.43. The largest absolute Gasteiger partial charge is 0.323 e. The van der Waals surface area contributed by atoms with Gasteiger partial charge in [-0.2, -0.15) is 10.2 Å². The van der Waals surface area contributed by atoms with E-state index in [-0.39, 0.29) is 10.6 Å². The Labute approximate surface area is 167 Å². The van der Waals surface area contributed by atoms with Gasteiger partial charge in [0.1, 0.15) is 0 Å². The number of benzene rings is 3. The number of anilines is 1. The highest BCUT2D eigenvalue weighted by molar-refractivity contribution is 7.89. The van der Waals surface area contributed by atoms with Gasteiger partial charge in [0.05, 0.1) is 10.6 Å². The molecule has 29 heavy (non-hydrogen) atoms. The van der Waals surface area contributed by atoms with E-state index in [9.17, 15) is 18.0 Å². The molecule has 0 spiro atoms. The van der Waals surface area contributed by atoms with Gasteiger partial charge in [0, 0.05) is 11.1 Å². The average Bonchev–Trinajstić information content (AvgIpc) is 2.68. The molecule has 0 saturated carbocycles. The molecule has 1 amide bonds. The first-order chi connectivity index (χ1) is 13.8. The Morgan fingerprint density at radius 2 is 1.62 bits per heavy atom. The van der Waals surface area contributed by atoms with Crippen LogP contribution < -0.4 is 10.5 Å². The van der Waals surface area contributed by atoms with Crippen LogP contribution in [0.25, 0.3) is 10.8 Å². The summed E-state index contributed by atoms with van der Waals surface area (Å²) in [5, 5.41) is 17.3. The van der Waals surface area contributed by atoms with Crippen LogP contribution in [-0.4, -0.2) is 26.2 Å². The number of ketones is 1. The minimum absolute atomic E-state index is 0.0757. The van der Waals surface area contributed by atoms with Gasteiger partial charge in [0.15, 0.2) is 5.78 Å². The van der Waals surface area contributed by atoms with E-state index in [4.69, 9.17) is 5.14 Å². The van der Waals surface area contributed by atoms with Crippen molar-refractivity contribution in [3.63, 3.8) is 0 Å². The summed E-state index contributed by atoms with van der Waals surface area (Å²) in [5.41, 5.74) is 0.841. The van der Waals surface area contributed by atoms with Crippen molar-refractivity contribution in [1.29, 1.82) is 0 Å². The summed E-state index contributed by atoms with van der Waals surface area (Å²) >= 11 is 0. The van der Waals surface area contributed by atoms with Crippen molar-refractivity contribution in [3.8, 4) is 0 Å². The monoisotopic (exact) mass is 410 g/mol. The van der Waals surface area contributed by atoms with Gasteiger partial charge in [-0.25, -0.2) is 13.6 Å². The number of rotatable bonds is 6. The summed E-state index contributed by atoms with van der Waals surface area (Å²) in [6, 6.07) is 16.9. The van der Waals surface area contributed by atoms with Crippen LogP contribution in [0.15, 0.2) is 81.9 Å². The molecule has 3 rings (SSSR count). The Bertz CT molecular complexity index is 1200. The predicted octanol–water partition coefficient (Wildman–Crippen LogP) is 3.17. The smallest absolute Gasteiger partial charge is 0.258 e.